The van der Waals surface area contributed by atoms with E-state index in [0.29, 0.717) is 39.0 Å². The first kappa shape index (κ1) is 21.6. The molecule has 1 aliphatic carbocycles. The van der Waals surface area contributed by atoms with Crippen LogP contribution in [0, 0.1) is 10.8 Å². The number of carbonyl (C=O) groups is 1. The lowest BCUT2D eigenvalue weighted by Gasteiger charge is -2.40. The molecule has 8 heteroatoms. The summed E-state index contributed by atoms with van der Waals surface area (Å²) >= 11 is 7.89. The molecule has 1 aliphatic heterocycles. The molecule has 3 heterocycles. The third-order valence-electron chi connectivity index (χ3n) is 6.92. The molecule has 6 nitrogen and oxygen atoms in total. The number of para-hydroxylation sites is 1. The molecule has 1 saturated carbocycles. The van der Waals surface area contributed by atoms with Crippen LogP contribution in [0.15, 0.2) is 52.2 Å². The summed E-state index contributed by atoms with van der Waals surface area (Å²) in [6.45, 7) is 7.79. The molecule has 2 aromatic heterocycles. The molecule has 2 unspecified atom stereocenters. The van der Waals surface area contributed by atoms with Crippen LogP contribution in [0.25, 0.3) is 17.3 Å². The van der Waals surface area contributed by atoms with Gasteiger partial charge in [-0.2, -0.15) is 0 Å². The van der Waals surface area contributed by atoms with Gasteiger partial charge < -0.3 is 9.32 Å². The number of rotatable bonds is 5. The fraction of sp³-hybridized carbons (Fsp3) is 0.458. The molecule has 2 fully saturated rings. The second kappa shape index (κ2) is 7.96. The SMILES string of the molecule is CC12CCN(C(=O)CSc3nnc(-c4ccco4)n3-c3ccccc3Cl)C(C1)C(C)(C)C2. The summed E-state index contributed by atoms with van der Waals surface area (Å²) in [5, 5.41) is 9.93. The summed E-state index contributed by atoms with van der Waals surface area (Å²) in [6, 6.07) is 11.5. The zero-order valence-corrected chi connectivity index (χ0v) is 20.1. The standard InChI is InChI=1S/C24H27ClN4O2S/c1-23(2)15-24(3)10-11-28(19(23)13-24)20(30)14-32-22-27-26-21(18-9-6-12-31-18)29(22)17-8-5-4-7-16(17)25/h4-9,12,19H,10-11,13-15H2,1-3H3. The minimum absolute atomic E-state index is 0.148. The van der Waals surface area contributed by atoms with E-state index < -0.39 is 0 Å². The highest BCUT2D eigenvalue weighted by atomic mass is 35.5. The Morgan fingerprint density at radius 2 is 2.03 bits per heavy atom. The maximum Gasteiger partial charge on any atom is 0.233 e. The van der Waals surface area contributed by atoms with Gasteiger partial charge in [-0.15, -0.1) is 10.2 Å². The number of furan rings is 1. The van der Waals surface area contributed by atoms with Crippen molar-refractivity contribution >= 4 is 29.3 Å². The van der Waals surface area contributed by atoms with Crippen molar-refractivity contribution in [3.63, 3.8) is 0 Å². The first-order chi connectivity index (χ1) is 15.3. The van der Waals surface area contributed by atoms with Gasteiger partial charge in [0.25, 0.3) is 0 Å². The van der Waals surface area contributed by atoms with Crippen LogP contribution in [0.3, 0.4) is 0 Å². The number of likely N-dealkylation sites (tertiary alicyclic amines) is 1. The van der Waals surface area contributed by atoms with Gasteiger partial charge in [-0.05, 0) is 54.4 Å². The number of carbonyl (C=O) groups excluding carboxylic acids is 1. The van der Waals surface area contributed by atoms with Gasteiger partial charge in [-0.1, -0.05) is 56.3 Å². The van der Waals surface area contributed by atoms with Gasteiger partial charge in [0.15, 0.2) is 10.9 Å². The summed E-state index contributed by atoms with van der Waals surface area (Å²) in [4.78, 5) is 15.4. The van der Waals surface area contributed by atoms with Gasteiger partial charge in [0.05, 0.1) is 22.7 Å². The zero-order chi connectivity index (χ0) is 22.5. The molecule has 32 heavy (non-hydrogen) atoms. The number of nitrogens with zero attached hydrogens (tertiary/aromatic N) is 4. The molecule has 5 rings (SSSR count). The zero-order valence-electron chi connectivity index (χ0n) is 18.5. The van der Waals surface area contributed by atoms with Crippen molar-refractivity contribution in [2.75, 3.05) is 12.3 Å². The number of aromatic nitrogens is 3. The van der Waals surface area contributed by atoms with E-state index in [9.17, 15) is 4.79 Å². The minimum atomic E-state index is 0.148. The van der Waals surface area contributed by atoms with E-state index in [2.05, 4.69) is 35.9 Å². The molecule has 1 saturated heterocycles. The highest BCUT2D eigenvalue weighted by Gasteiger charge is 2.53. The lowest BCUT2D eigenvalue weighted by Crippen LogP contribution is -2.49. The third kappa shape index (κ3) is 3.75. The van der Waals surface area contributed by atoms with Gasteiger partial charge in [-0.25, -0.2) is 0 Å². The van der Waals surface area contributed by atoms with Gasteiger partial charge >= 0.3 is 0 Å². The van der Waals surface area contributed by atoms with Gasteiger partial charge in [-0.3, -0.25) is 9.36 Å². The first-order valence-corrected chi connectivity index (χ1v) is 12.3. The summed E-state index contributed by atoms with van der Waals surface area (Å²) < 4.78 is 7.44. The molecule has 2 atom stereocenters. The van der Waals surface area contributed by atoms with Gasteiger partial charge in [0.1, 0.15) is 0 Å². The maximum absolute atomic E-state index is 13.3. The summed E-state index contributed by atoms with van der Waals surface area (Å²) in [7, 11) is 0. The Labute approximate surface area is 197 Å². The second-order valence-electron chi connectivity index (χ2n) is 9.89. The predicted molar refractivity (Wildman–Crippen MR) is 126 cm³/mol. The molecule has 2 bridgehead atoms. The quantitative estimate of drug-likeness (QED) is 0.447. The predicted octanol–water partition coefficient (Wildman–Crippen LogP) is 5.70. The fourth-order valence-electron chi connectivity index (χ4n) is 5.59. The second-order valence-corrected chi connectivity index (χ2v) is 11.2. The van der Waals surface area contributed by atoms with Crippen molar-refractivity contribution in [3.05, 3.63) is 47.7 Å². The number of fused-ring (bicyclic) bond motifs is 2. The number of thioether (sulfide) groups is 1. The molecule has 1 aromatic carbocycles. The Balaban J connectivity index is 1.41. The van der Waals surface area contributed by atoms with Crippen LogP contribution in [-0.2, 0) is 4.79 Å². The third-order valence-corrected chi connectivity index (χ3v) is 8.15. The molecular formula is C24H27ClN4O2S. The fourth-order valence-corrected chi connectivity index (χ4v) is 6.64. The normalized spacial score (nSPS) is 24.1. The van der Waals surface area contributed by atoms with Crippen molar-refractivity contribution in [2.24, 2.45) is 10.8 Å². The molecule has 2 aliphatic rings. The Kier molecular flexibility index (Phi) is 5.37. The lowest BCUT2D eigenvalue weighted by atomic mass is 9.81. The van der Waals surface area contributed by atoms with Crippen molar-refractivity contribution < 1.29 is 9.21 Å². The Morgan fingerprint density at radius 1 is 1.22 bits per heavy atom. The average Bonchev–Trinajstić information content (AvgIpc) is 3.44. The van der Waals surface area contributed by atoms with E-state index >= 15 is 0 Å². The van der Waals surface area contributed by atoms with Crippen molar-refractivity contribution in [3.8, 4) is 17.3 Å². The number of hydrogen-bond donors (Lipinski definition) is 0. The largest absolute Gasteiger partial charge is 0.461 e. The molecule has 0 spiro atoms. The Morgan fingerprint density at radius 3 is 2.78 bits per heavy atom. The highest BCUT2D eigenvalue weighted by molar-refractivity contribution is 7.99. The van der Waals surface area contributed by atoms with E-state index in [1.165, 1.54) is 18.2 Å². The molecular weight excluding hydrogens is 444 g/mol. The minimum Gasteiger partial charge on any atom is -0.461 e. The van der Waals surface area contributed by atoms with Gasteiger partial charge in [0, 0.05) is 12.6 Å². The van der Waals surface area contributed by atoms with Gasteiger partial charge in [0.2, 0.25) is 11.7 Å². The number of amides is 1. The van der Waals surface area contributed by atoms with Crippen LogP contribution in [0.5, 0.6) is 0 Å². The van der Waals surface area contributed by atoms with Crippen LogP contribution in [0.4, 0.5) is 0 Å². The molecule has 0 radical (unpaired) electrons. The Hall–Kier alpha value is -2.25. The van der Waals surface area contributed by atoms with Crippen LogP contribution in [-0.4, -0.2) is 43.9 Å². The number of halogens is 1. The monoisotopic (exact) mass is 470 g/mol. The van der Waals surface area contributed by atoms with E-state index in [-0.39, 0.29) is 11.3 Å². The van der Waals surface area contributed by atoms with Crippen molar-refractivity contribution in [2.45, 2.75) is 51.2 Å². The van der Waals surface area contributed by atoms with Crippen LogP contribution < -0.4 is 0 Å². The topological polar surface area (TPSA) is 64.2 Å². The van der Waals surface area contributed by atoms with Crippen molar-refractivity contribution in [1.82, 2.24) is 19.7 Å². The number of benzene rings is 1. The number of hydrogen-bond acceptors (Lipinski definition) is 5. The molecule has 168 valence electrons. The van der Waals surface area contributed by atoms with E-state index in [0.717, 1.165) is 25.1 Å². The summed E-state index contributed by atoms with van der Waals surface area (Å²) in [5.41, 5.74) is 1.27. The molecule has 1 amide bonds. The van der Waals surface area contributed by atoms with E-state index in [1.54, 1.807) is 6.26 Å². The lowest BCUT2D eigenvalue weighted by molar-refractivity contribution is -0.133. The summed E-state index contributed by atoms with van der Waals surface area (Å²) in [5.74, 6) is 1.62. The highest BCUT2D eigenvalue weighted by Crippen LogP contribution is 2.55. The van der Waals surface area contributed by atoms with Crippen LogP contribution >= 0.6 is 23.4 Å². The van der Waals surface area contributed by atoms with E-state index in [1.807, 2.05) is 41.0 Å². The average molecular weight is 471 g/mol. The van der Waals surface area contributed by atoms with Crippen LogP contribution in [0.2, 0.25) is 5.02 Å². The molecule has 0 N–H and O–H groups in total. The smallest absolute Gasteiger partial charge is 0.233 e. The molecule has 3 aromatic rings. The van der Waals surface area contributed by atoms with Crippen molar-refractivity contribution in [1.29, 1.82) is 0 Å². The van der Waals surface area contributed by atoms with E-state index in [4.69, 9.17) is 16.0 Å². The van der Waals surface area contributed by atoms with Crippen LogP contribution in [0.1, 0.15) is 40.0 Å². The first-order valence-electron chi connectivity index (χ1n) is 10.9. The summed E-state index contributed by atoms with van der Waals surface area (Å²) in [6.07, 6.45) is 4.94. The number of piperidine rings is 1. The Bertz CT molecular complexity index is 1140. The maximum atomic E-state index is 13.3.